The molecule has 1 atom stereocenters. The lowest BCUT2D eigenvalue weighted by Crippen LogP contribution is -2.24. The van der Waals surface area contributed by atoms with E-state index in [9.17, 15) is 9.59 Å². The second kappa shape index (κ2) is 14.4. The van der Waals surface area contributed by atoms with E-state index < -0.39 is 12.2 Å². The first-order valence-corrected chi connectivity index (χ1v) is 18.0. The summed E-state index contributed by atoms with van der Waals surface area (Å²) in [6.45, 7) is 5.40. The van der Waals surface area contributed by atoms with Crippen molar-refractivity contribution in [2.75, 3.05) is 40.1 Å². The van der Waals surface area contributed by atoms with Crippen LogP contribution in [0.4, 0.5) is 32.3 Å². The van der Waals surface area contributed by atoms with Crippen molar-refractivity contribution in [3.8, 4) is 0 Å². The summed E-state index contributed by atoms with van der Waals surface area (Å²) in [4.78, 5) is 45.9. The minimum Gasteiger partial charge on any atom is -0.449 e. The monoisotopic (exact) mass is 704 g/mol. The van der Waals surface area contributed by atoms with E-state index in [1.54, 1.807) is 11.0 Å². The van der Waals surface area contributed by atoms with Crippen molar-refractivity contribution >= 4 is 34.9 Å². The first-order valence-electron chi connectivity index (χ1n) is 18.0. The molecule has 4 N–H and O–H groups in total. The number of amides is 2. The summed E-state index contributed by atoms with van der Waals surface area (Å²) < 4.78 is 12.6. The van der Waals surface area contributed by atoms with Gasteiger partial charge in [0, 0.05) is 49.1 Å². The highest BCUT2D eigenvalue weighted by Gasteiger charge is 2.33. The SMILES string of the molecule is Cc1cc(COC(=O)Nc2ccc3c(c2)N(Cc2cnc[nH]2)CC3c2ncc(CN3CCCCc4ccc(NC(=O)OCC5CC5)cc43)[nH]2)n(C)n1. The van der Waals surface area contributed by atoms with Gasteiger partial charge in [0.25, 0.3) is 0 Å². The average Bonchev–Trinajstić information content (AvgIpc) is 3.37. The summed E-state index contributed by atoms with van der Waals surface area (Å²) >= 11 is 0. The number of H-pyrrole nitrogens is 2. The zero-order valence-corrected chi connectivity index (χ0v) is 29.5. The molecule has 52 heavy (non-hydrogen) atoms. The van der Waals surface area contributed by atoms with E-state index in [1.165, 1.54) is 5.56 Å². The van der Waals surface area contributed by atoms with Crippen LogP contribution >= 0.6 is 0 Å². The zero-order valence-electron chi connectivity index (χ0n) is 29.5. The number of imidazole rings is 2. The number of carbonyl (C=O) groups is 2. The van der Waals surface area contributed by atoms with Crippen molar-refractivity contribution in [3.05, 3.63) is 101 Å². The summed E-state index contributed by atoms with van der Waals surface area (Å²) in [6, 6.07) is 14.0. The van der Waals surface area contributed by atoms with Gasteiger partial charge in [-0.1, -0.05) is 12.1 Å². The van der Waals surface area contributed by atoms with Crippen LogP contribution in [0.25, 0.3) is 0 Å². The minimum atomic E-state index is -0.532. The summed E-state index contributed by atoms with van der Waals surface area (Å²) in [7, 11) is 1.83. The number of hydrogen-bond acceptors (Lipinski definition) is 9. The lowest BCUT2D eigenvalue weighted by atomic mass is 10.0. The maximum absolute atomic E-state index is 12.8. The number of benzene rings is 2. The number of fused-ring (bicyclic) bond motifs is 2. The summed E-state index contributed by atoms with van der Waals surface area (Å²) in [5.41, 5.74) is 9.60. The molecule has 5 aromatic rings. The lowest BCUT2D eigenvalue weighted by Gasteiger charge is -2.25. The fraction of sp³-hybridized carbons (Fsp3) is 0.395. The Balaban J connectivity index is 0.978. The number of nitrogens with one attached hydrogen (secondary N) is 4. The molecule has 270 valence electrons. The molecule has 0 bridgehead atoms. The zero-order chi connectivity index (χ0) is 35.6. The van der Waals surface area contributed by atoms with Gasteiger partial charge in [0.2, 0.25) is 0 Å². The standard InChI is InChI=1S/C38H44N10O4/c1-24-13-31(46(2)45-24)22-52-38(50)44-28-10-11-32-33(20-48(35(32)15-28)18-29-16-39-23-41-29)36-40-17-30(42-36)19-47-12-4-3-5-26-8-9-27(14-34(26)47)43-37(49)51-21-25-6-7-25/h8-11,13-17,23,25,33H,3-7,12,18-22H2,1-2H3,(H,39,41)(H,40,42)(H,43,49)(H,44,50). The first-order chi connectivity index (χ1) is 25.3. The average molecular weight is 705 g/mol. The Labute approximate surface area is 301 Å². The third-order valence-electron chi connectivity index (χ3n) is 10.0. The maximum atomic E-state index is 12.8. The molecule has 1 fully saturated rings. The van der Waals surface area contributed by atoms with Gasteiger partial charge in [0.1, 0.15) is 12.4 Å². The van der Waals surface area contributed by atoms with Crippen molar-refractivity contribution in [1.29, 1.82) is 0 Å². The van der Waals surface area contributed by atoms with Crippen molar-refractivity contribution < 1.29 is 19.1 Å². The highest BCUT2D eigenvalue weighted by molar-refractivity contribution is 5.87. The molecule has 3 aliphatic rings. The van der Waals surface area contributed by atoms with Crippen molar-refractivity contribution in [2.24, 2.45) is 13.0 Å². The Kier molecular flexibility index (Phi) is 9.27. The highest BCUT2D eigenvalue weighted by atomic mass is 16.6. The van der Waals surface area contributed by atoms with E-state index in [0.29, 0.717) is 37.8 Å². The van der Waals surface area contributed by atoms with Crippen LogP contribution in [0, 0.1) is 12.8 Å². The molecule has 3 aromatic heterocycles. The topological polar surface area (TPSA) is 158 Å². The van der Waals surface area contributed by atoms with Gasteiger partial charge in [0.05, 0.1) is 60.9 Å². The molecule has 1 saturated carbocycles. The highest BCUT2D eigenvalue weighted by Crippen LogP contribution is 2.42. The van der Waals surface area contributed by atoms with Crippen molar-refractivity contribution in [3.63, 3.8) is 0 Å². The van der Waals surface area contributed by atoms with Crippen LogP contribution in [0.2, 0.25) is 0 Å². The number of aryl methyl sites for hydroxylation is 3. The Morgan fingerprint density at radius 2 is 1.71 bits per heavy atom. The minimum absolute atomic E-state index is 0.00497. The number of carbonyl (C=O) groups excluding carboxylic acids is 2. The molecule has 5 heterocycles. The number of ether oxygens (including phenoxy) is 2. The predicted octanol–water partition coefficient (Wildman–Crippen LogP) is 6.38. The molecular weight excluding hydrogens is 660 g/mol. The molecule has 14 nitrogen and oxygen atoms in total. The van der Waals surface area contributed by atoms with E-state index in [0.717, 1.165) is 89.9 Å². The van der Waals surface area contributed by atoms with Gasteiger partial charge in [-0.2, -0.15) is 5.10 Å². The Hall–Kier alpha value is -5.79. The van der Waals surface area contributed by atoms with E-state index in [2.05, 4.69) is 58.7 Å². The third kappa shape index (κ3) is 7.60. The Morgan fingerprint density at radius 3 is 2.48 bits per heavy atom. The normalized spacial score (nSPS) is 16.6. The second-order valence-electron chi connectivity index (χ2n) is 14.1. The van der Waals surface area contributed by atoms with Gasteiger partial charge in [-0.3, -0.25) is 15.3 Å². The first kappa shape index (κ1) is 33.4. The lowest BCUT2D eigenvalue weighted by molar-refractivity contribution is 0.152. The van der Waals surface area contributed by atoms with E-state index >= 15 is 0 Å². The molecule has 2 aromatic carbocycles. The van der Waals surface area contributed by atoms with Crippen LogP contribution in [-0.4, -0.2) is 61.6 Å². The number of aromatic nitrogens is 6. The molecular formula is C38H44N10O4. The number of aromatic amines is 2. The number of hydrogen-bond donors (Lipinski definition) is 4. The van der Waals surface area contributed by atoms with Gasteiger partial charge in [-0.25, -0.2) is 19.6 Å². The smallest absolute Gasteiger partial charge is 0.412 e. The van der Waals surface area contributed by atoms with Crippen LogP contribution in [0.15, 0.2) is 61.2 Å². The third-order valence-corrected chi connectivity index (χ3v) is 10.0. The summed E-state index contributed by atoms with van der Waals surface area (Å²) in [5.74, 6) is 1.40. The molecule has 2 amide bonds. The van der Waals surface area contributed by atoms with E-state index in [4.69, 9.17) is 14.5 Å². The molecule has 14 heteroatoms. The number of anilines is 4. The predicted molar refractivity (Wildman–Crippen MR) is 196 cm³/mol. The van der Waals surface area contributed by atoms with E-state index in [-0.39, 0.29) is 12.5 Å². The van der Waals surface area contributed by atoms with Gasteiger partial charge >= 0.3 is 12.2 Å². The number of rotatable bonds is 11. The van der Waals surface area contributed by atoms with Gasteiger partial charge in [-0.15, -0.1) is 0 Å². The maximum Gasteiger partial charge on any atom is 0.412 e. The fourth-order valence-electron chi connectivity index (χ4n) is 7.18. The summed E-state index contributed by atoms with van der Waals surface area (Å²) in [5, 5.41) is 10.1. The summed E-state index contributed by atoms with van der Waals surface area (Å²) in [6.07, 6.45) is 9.97. The molecule has 0 saturated heterocycles. The number of nitrogens with zero attached hydrogens (tertiary/aromatic N) is 6. The van der Waals surface area contributed by atoms with Crippen LogP contribution in [0.3, 0.4) is 0 Å². The molecule has 1 unspecified atom stereocenters. The van der Waals surface area contributed by atoms with Crippen LogP contribution in [0.5, 0.6) is 0 Å². The molecule has 1 aliphatic carbocycles. The fourth-order valence-corrected chi connectivity index (χ4v) is 7.18. The Bertz CT molecular complexity index is 2050. The second-order valence-corrected chi connectivity index (χ2v) is 14.1. The van der Waals surface area contributed by atoms with Gasteiger partial charge in [0.15, 0.2) is 0 Å². The van der Waals surface area contributed by atoms with Crippen LogP contribution in [-0.2, 0) is 42.6 Å². The van der Waals surface area contributed by atoms with E-state index in [1.807, 2.05) is 50.6 Å². The van der Waals surface area contributed by atoms with Crippen LogP contribution in [0.1, 0.15) is 71.3 Å². The van der Waals surface area contributed by atoms with Crippen LogP contribution < -0.4 is 20.4 Å². The molecule has 0 radical (unpaired) electrons. The Morgan fingerprint density at radius 1 is 0.923 bits per heavy atom. The van der Waals surface area contributed by atoms with Crippen molar-refractivity contribution in [2.45, 2.75) is 64.6 Å². The van der Waals surface area contributed by atoms with Crippen molar-refractivity contribution in [1.82, 2.24) is 29.7 Å². The van der Waals surface area contributed by atoms with Gasteiger partial charge in [-0.05, 0) is 86.4 Å². The molecule has 0 spiro atoms. The van der Waals surface area contributed by atoms with Gasteiger partial charge < -0.3 is 29.2 Å². The quantitative estimate of drug-likeness (QED) is 0.123. The largest absolute Gasteiger partial charge is 0.449 e. The molecule has 8 rings (SSSR count). The molecule has 2 aliphatic heterocycles.